The molecule has 0 spiro atoms. The highest BCUT2D eigenvalue weighted by molar-refractivity contribution is 5.98. The summed E-state index contributed by atoms with van der Waals surface area (Å²) < 4.78 is 39.0. The SMILES string of the molecule is Cc1ccc(C(=O)C2CC3CCCC(C2)N3)cc1C(F)(F)F. The molecule has 1 aromatic rings. The number of ketones is 1. The van der Waals surface area contributed by atoms with Crippen LogP contribution in [0.15, 0.2) is 18.2 Å². The number of carbonyl (C=O) groups is 1. The maximum absolute atomic E-state index is 13.0. The lowest BCUT2D eigenvalue weighted by Gasteiger charge is -2.39. The first-order valence-electron chi connectivity index (χ1n) is 7.82. The zero-order chi connectivity index (χ0) is 15.9. The standard InChI is InChI=1S/C17H20F3NO/c1-10-5-6-11(9-15(10)17(18,19)20)16(22)12-7-13-3-2-4-14(8-12)21-13/h5-6,9,12-14,21H,2-4,7-8H2,1H3. The Morgan fingerprint density at radius 2 is 1.82 bits per heavy atom. The minimum atomic E-state index is -4.41. The third kappa shape index (κ3) is 3.05. The van der Waals surface area contributed by atoms with Crippen LogP contribution in [0, 0.1) is 12.8 Å². The Balaban J connectivity index is 1.83. The van der Waals surface area contributed by atoms with E-state index in [0.717, 1.165) is 31.7 Å². The summed E-state index contributed by atoms with van der Waals surface area (Å²) in [6.07, 6.45) is 0.357. The van der Waals surface area contributed by atoms with E-state index in [1.54, 1.807) is 0 Å². The lowest BCUT2D eigenvalue weighted by molar-refractivity contribution is -0.138. The first-order chi connectivity index (χ1) is 10.3. The molecule has 2 bridgehead atoms. The van der Waals surface area contributed by atoms with E-state index in [-0.39, 0.29) is 22.8 Å². The van der Waals surface area contributed by atoms with Gasteiger partial charge in [0.15, 0.2) is 5.78 Å². The van der Waals surface area contributed by atoms with Gasteiger partial charge in [0.2, 0.25) is 0 Å². The molecule has 0 radical (unpaired) electrons. The van der Waals surface area contributed by atoms with Gasteiger partial charge in [-0.1, -0.05) is 18.6 Å². The van der Waals surface area contributed by atoms with Gasteiger partial charge in [0.25, 0.3) is 0 Å². The number of benzene rings is 1. The van der Waals surface area contributed by atoms with E-state index in [0.29, 0.717) is 12.1 Å². The first-order valence-corrected chi connectivity index (χ1v) is 7.82. The summed E-state index contributed by atoms with van der Waals surface area (Å²) in [6.45, 7) is 1.42. The summed E-state index contributed by atoms with van der Waals surface area (Å²) in [5.41, 5.74) is -0.346. The molecule has 3 rings (SSSR count). The smallest absolute Gasteiger partial charge is 0.311 e. The van der Waals surface area contributed by atoms with Crippen molar-refractivity contribution in [2.75, 3.05) is 0 Å². The van der Waals surface area contributed by atoms with Gasteiger partial charge < -0.3 is 5.32 Å². The summed E-state index contributed by atoms with van der Waals surface area (Å²) in [7, 11) is 0. The molecule has 0 amide bonds. The number of rotatable bonds is 2. The fourth-order valence-corrected chi connectivity index (χ4v) is 3.80. The van der Waals surface area contributed by atoms with Crippen molar-refractivity contribution in [1.82, 2.24) is 5.32 Å². The highest BCUT2D eigenvalue weighted by atomic mass is 19.4. The number of hydrogen-bond acceptors (Lipinski definition) is 2. The normalized spacial score (nSPS) is 28.5. The van der Waals surface area contributed by atoms with Gasteiger partial charge in [0.1, 0.15) is 0 Å². The molecule has 2 heterocycles. The second-order valence-corrected chi connectivity index (χ2v) is 6.55. The van der Waals surface area contributed by atoms with Crippen LogP contribution in [0.5, 0.6) is 0 Å². The van der Waals surface area contributed by atoms with Crippen molar-refractivity contribution < 1.29 is 18.0 Å². The Morgan fingerprint density at radius 3 is 2.41 bits per heavy atom. The molecule has 1 N–H and O–H groups in total. The van der Waals surface area contributed by atoms with Crippen LogP contribution in [-0.4, -0.2) is 17.9 Å². The van der Waals surface area contributed by atoms with Crippen LogP contribution >= 0.6 is 0 Å². The average Bonchev–Trinajstić information content (AvgIpc) is 2.45. The van der Waals surface area contributed by atoms with Crippen molar-refractivity contribution in [3.63, 3.8) is 0 Å². The van der Waals surface area contributed by atoms with E-state index in [2.05, 4.69) is 5.32 Å². The van der Waals surface area contributed by atoms with Gasteiger partial charge in [-0.05, 0) is 44.2 Å². The molecule has 2 atom stereocenters. The molecule has 2 aliphatic rings. The molecule has 2 fully saturated rings. The molecule has 0 saturated carbocycles. The number of nitrogens with one attached hydrogen (secondary N) is 1. The molecule has 2 saturated heterocycles. The van der Waals surface area contributed by atoms with Crippen molar-refractivity contribution in [3.8, 4) is 0 Å². The monoisotopic (exact) mass is 311 g/mol. The second-order valence-electron chi connectivity index (χ2n) is 6.55. The number of Topliss-reactive ketones (excluding diaryl/α,β-unsaturated/α-hetero) is 1. The van der Waals surface area contributed by atoms with Gasteiger partial charge in [-0.25, -0.2) is 0 Å². The Hall–Kier alpha value is -1.36. The van der Waals surface area contributed by atoms with Gasteiger partial charge in [0.05, 0.1) is 5.56 Å². The van der Waals surface area contributed by atoms with Crippen LogP contribution in [-0.2, 0) is 6.18 Å². The van der Waals surface area contributed by atoms with Gasteiger partial charge in [-0.2, -0.15) is 13.2 Å². The highest BCUT2D eigenvalue weighted by Crippen LogP contribution is 2.35. The number of hydrogen-bond donors (Lipinski definition) is 1. The van der Waals surface area contributed by atoms with Crippen LogP contribution in [0.2, 0.25) is 0 Å². The molecule has 0 aliphatic carbocycles. The van der Waals surface area contributed by atoms with Gasteiger partial charge >= 0.3 is 6.18 Å². The lowest BCUT2D eigenvalue weighted by Crippen LogP contribution is -2.50. The predicted octanol–water partition coefficient (Wildman–Crippen LogP) is 4.12. The van der Waals surface area contributed by atoms with Crippen molar-refractivity contribution >= 4 is 5.78 Å². The predicted molar refractivity (Wildman–Crippen MR) is 77.8 cm³/mol. The van der Waals surface area contributed by atoms with E-state index in [1.165, 1.54) is 25.5 Å². The number of piperidine rings is 2. The summed E-state index contributed by atoms with van der Waals surface area (Å²) in [6, 6.07) is 4.64. The Bertz CT molecular complexity index is 570. The van der Waals surface area contributed by atoms with Crippen LogP contribution in [0.25, 0.3) is 0 Å². The Morgan fingerprint density at radius 1 is 1.18 bits per heavy atom. The zero-order valence-electron chi connectivity index (χ0n) is 12.5. The van der Waals surface area contributed by atoms with Crippen LogP contribution in [0.1, 0.15) is 53.6 Å². The molecular weight excluding hydrogens is 291 g/mol. The van der Waals surface area contributed by atoms with E-state index in [9.17, 15) is 18.0 Å². The summed E-state index contributed by atoms with van der Waals surface area (Å²) >= 11 is 0. The third-order valence-corrected chi connectivity index (χ3v) is 4.91. The minimum Gasteiger partial charge on any atom is -0.311 e. The maximum Gasteiger partial charge on any atom is 0.416 e. The number of aryl methyl sites for hydroxylation is 1. The number of carbonyl (C=O) groups excluding carboxylic acids is 1. The Kier molecular flexibility index (Phi) is 4.02. The van der Waals surface area contributed by atoms with Gasteiger partial charge in [0, 0.05) is 23.6 Å². The van der Waals surface area contributed by atoms with E-state index >= 15 is 0 Å². The molecule has 5 heteroatoms. The molecule has 22 heavy (non-hydrogen) atoms. The number of halogens is 3. The molecular formula is C17H20F3NO. The quantitative estimate of drug-likeness (QED) is 0.833. The van der Waals surface area contributed by atoms with Crippen LogP contribution in [0.3, 0.4) is 0 Å². The molecule has 2 nitrogen and oxygen atoms in total. The third-order valence-electron chi connectivity index (χ3n) is 4.91. The maximum atomic E-state index is 13.0. The molecule has 0 aromatic heterocycles. The van der Waals surface area contributed by atoms with Crippen LogP contribution < -0.4 is 5.32 Å². The summed E-state index contributed by atoms with van der Waals surface area (Å²) in [5, 5.41) is 3.50. The van der Waals surface area contributed by atoms with E-state index in [4.69, 9.17) is 0 Å². The number of fused-ring (bicyclic) bond motifs is 2. The fraction of sp³-hybridized carbons (Fsp3) is 0.588. The summed E-state index contributed by atoms with van der Waals surface area (Å²) in [4.78, 5) is 12.6. The second kappa shape index (κ2) is 5.69. The highest BCUT2D eigenvalue weighted by Gasteiger charge is 2.37. The Labute approximate surface area is 128 Å². The van der Waals surface area contributed by atoms with Gasteiger partial charge in [-0.15, -0.1) is 0 Å². The topological polar surface area (TPSA) is 29.1 Å². The van der Waals surface area contributed by atoms with Crippen molar-refractivity contribution in [2.45, 2.75) is 57.3 Å². The van der Waals surface area contributed by atoms with E-state index < -0.39 is 11.7 Å². The number of alkyl halides is 3. The lowest BCUT2D eigenvalue weighted by atomic mass is 9.77. The fourth-order valence-electron chi connectivity index (χ4n) is 3.80. The first kappa shape index (κ1) is 15.5. The molecule has 2 aliphatic heterocycles. The molecule has 120 valence electrons. The van der Waals surface area contributed by atoms with Crippen molar-refractivity contribution in [1.29, 1.82) is 0 Å². The molecule has 2 unspecified atom stereocenters. The molecule has 1 aromatic carbocycles. The zero-order valence-corrected chi connectivity index (χ0v) is 12.5. The summed E-state index contributed by atoms with van der Waals surface area (Å²) in [5.74, 6) is -0.288. The van der Waals surface area contributed by atoms with E-state index in [1.807, 2.05) is 0 Å². The minimum absolute atomic E-state index is 0.135. The average molecular weight is 311 g/mol. The van der Waals surface area contributed by atoms with Crippen molar-refractivity contribution in [2.24, 2.45) is 5.92 Å². The van der Waals surface area contributed by atoms with Gasteiger partial charge in [-0.3, -0.25) is 4.79 Å². The van der Waals surface area contributed by atoms with Crippen molar-refractivity contribution in [3.05, 3.63) is 34.9 Å². The van der Waals surface area contributed by atoms with Crippen LogP contribution in [0.4, 0.5) is 13.2 Å². The largest absolute Gasteiger partial charge is 0.416 e.